The van der Waals surface area contributed by atoms with Gasteiger partial charge in [0.2, 0.25) is 0 Å². The van der Waals surface area contributed by atoms with Gasteiger partial charge in [0, 0.05) is 69.4 Å². The van der Waals surface area contributed by atoms with E-state index in [1.54, 1.807) is 4.90 Å². The highest BCUT2D eigenvalue weighted by Crippen LogP contribution is 2.28. The second-order valence-electron chi connectivity index (χ2n) is 11.0. The van der Waals surface area contributed by atoms with Crippen LogP contribution in [0.4, 0.5) is 4.79 Å². The molecule has 3 amide bonds. The Morgan fingerprint density at radius 2 is 1.56 bits per heavy atom. The topological polar surface area (TPSA) is 82.6 Å². The van der Waals surface area contributed by atoms with Crippen LogP contribution in [0.3, 0.4) is 0 Å². The summed E-state index contributed by atoms with van der Waals surface area (Å²) in [5, 5.41) is 0. The zero-order valence-electron chi connectivity index (χ0n) is 23.7. The van der Waals surface area contributed by atoms with Gasteiger partial charge in [0.1, 0.15) is 11.9 Å². The first-order valence-electron chi connectivity index (χ1n) is 14.7. The number of halogens is 1. The molecule has 41 heavy (non-hydrogen) atoms. The average molecular weight is 675 g/mol. The SMILES string of the molecule is CCCCCOC(=O)N1CC[C@H](Oc2ccc(C(=O)N3CC(N4CCN(C(=O)c5ccccc5)CC4)C3)cc2I)C1. The smallest absolute Gasteiger partial charge is 0.409 e. The van der Waals surface area contributed by atoms with Crippen molar-refractivity contribution in [2.75, 3.05) is 59.0 Å². The first kappa shape index (κ1) is 29.6. The van der Waals surface area contributed by atoms with E-state index >= 15 is 0 Å². The molecule has 0 N–H and O–H groups in total. The van der Waals surface area contributed by atoms with E-state index in [9.17, 15) is 14.4 Å². The minimum Gasteiger partial charge on any atom is -0.487 e. The van der Waals surface area contributed by atoms with Gasteiger partial charge in [-0.15, -0.1) is 0 Å². The van der Waals surface area contributed by atoms with E-state index in [1.165, 1.54) is 0 Å². The molecule has 0 aliphatic carbocycles. The second-order valence-corrected chi connectivity index (χ2v) is 12.2. The summed E-state index contributed by atoms with van der Waals surface area (Å²) in [4.78, 5) is 46.1. The standard InChI is InChI=1S/C31H39IN4O5/c1-2-3-7-18-40-31(39)35-13-12-26(22-35)41-28-11-10-24(19-27(28)32)30(38)36-20-25(21-36)33-14-16-34(17-15-33)29(37)23-8-5-4-6-9-23/h4-6,8-11,19,25-26H,2-3,7,12-18,20-22H2,1H3/t26-/m0/s1. The van der Waals surface area contributed by atoms with Gasteiger partial charge in [-0.1, -0.05) is 38.0 Å². The van der Waals surface area contributed by atoms with Crippen LogP contribution in [0.15, 0.2) is 48.5 Å². The van der Waals surface area contributed by atoms with E-state index in [-0.39, 0.29) is 24.0 Å². The van der Waals surface area contributed by atoms with Crippen LogP contribution in [0.5, 0.6) is 5.75 Å². The van der Waals surface area contributed by atoms with Gasteiger partial charge in [0.15, 0.2) is 0 Å². The molecule has 0 saturated carbocycles. The lowest BCUT2D eigenvalue weighted by atomic mass is 10.0. The van der Waals surface area contributed by atoms with Crippen LogP contribution in [-0.2, 0) is 4.74 Å². The van der Waals surface area contributed by atoms with Crippen molar-refractivity contribution < 1.29 is 23.9 Å². The number of carbonyl (C=O) groups is 3. The van der Waals surface area contributed by atoms with Crippen molar-refractivity contribution in [2.24, 2.45) is 0 Å². The van der Waals surface area contributed by atoms with E-state index < -0.39 is 0 Å². The van der Waals surface area contributed by atoms with Crippen LogP contribution in [0.1, 0.15) is 53.3 Å². The van der Waals surface area contributed by atoms with Crippen LogP contribution in [0.25, 0.3) is 0 Å². The molecule has 5 rings (SSSR count). The van der Waals surface area contributed by atoms with Crippen molar-refractivity contribution in [3.05, 3.63) is 63.2 Å². The first-order valence-corrected chi connectivity index (χ1v) is 15.8. The number of piperazine rings is 1. The van der Waals surface area contributed by atoms with Gasteiger partial charge in [0.25, 0.3) is 11.8 Å². The number of benzene rings is 2. The van der Waals surface area contributed by atoms with Crippen LogP contribution < -0.4 is 4.74 Å². The monoisotopic (exact) mass is 674 g/mol. The highest BCUT2D eigenvalue weighted by molar-refractivity contribution is 14.1. The summed E-state index contributed by atoms with van der Waals surface area (Å²) in [7, 11) is 0. The maximum atomic E-state index is 13.2. The summed E-state index contributed by atoms with van der Waals surface area (Å²) in [6.07, 6.45) is 3.45. The Hall–Kier alpha value is -2.86. The molecule has 3 fully saturated rings. The molecule has 0 bridgehead atoms. The van der Waals surface area contributed by atoms with Crippen molar-refractivity contribution in [3.8, 4) is 5.75 Å². The third-order valence-corrected chi connectivity index (χ3v) is 8.98. The van der Waals surface area contributed by atoms with E-state index in [4.69, 9.17) is 9.47 Å². The Balaban J connectivity index is 1.05. The largest absolute Gasteiger partial charge is 0.487 e. The molecule has 3 heterocycles. The number of unbranched alkanes of at least 4 members (excludes halogenated alkanes) is 2. The maximum Gasteiger partial charge on any atom is 0.409 e. The molecule has 0 unspecified atom stereocenters. The van der Waals surface area contributed by atoms with Crippen molar-refractivity contribution in [1.29, 1.82) is 0 Å². The number of hydrogen-bond acceptors (Lipinski definition) is 6. The molecule has 3 aliphatic rings. The van der Waals surface area contributed by atoms with E-state index in [2.05, 4.69) is 34.4 Å². The van der Waals surface area contributed by atoms with E-state index in [0.717, 1.165) is 53.7 Å². The van der Waals surface area contributed by atoms with Gasteiger partial charge in [0.05, 0.1) is 16.7 Å². The fourth-order valence-corrected chi connectivity index (χ4v) is 6.23. The Kier molecular flexibility index (Phi) is 10.0. The third kappa shape index (κ3) is 7.32. The predicted octanol–water partition coefficient (Wildman–Crippen LogP) is 4.35. The molecule has 10 heteroatoms. The number of hydrogen-bond donors (Lipinski definition) is 0. The van der Waals surface area contributed by atoms with Gasteiger partial charge < -0.3 is 24.2 Å². The molecule has 3 saturated heterocycles. The third-order valence-electron chi connectivity index (χ3n) is 8.14. The minimum atomic E-state index is -0.266. The van der Waals surface area contributed by atoms with Crippen molar-refractivity contribution in [3.63, 3.8) is 0 Å². The maximum absolute atomic E-state index is 13.2. The summed E-state index contributed by atoms with van der Waals surface area (Å²) < 4.78 is 12.5. The van der Waals surface area contributed by atoms with Gasteiger partial charge in [-0.25, -0.2) is 4.79 Å². The Labute approximate surface area is 255 Å². The van der Waals surface area contributed by atoms with Crippen LogP contribution in [0, 0.1) is 3.57 Å². The number of carbonyl (C=O) groups excluding carboxylic acids is 3. The number of likely N-dealkylation sites (tertiary alicyclic amines) is 2. The highest BCUT2D eigenvalue weighted by Gasteiger charge is 2.37. The lowest BCUT2D eigenvalue weighted by Gasteiger charge is -2.48. The van der Waals surface area contributed by atoms with Crippen LogP contribution in [-0.4, -0.2) is 109 Å². The summed E-state index contributed by atoms with van der Waals surface area (Å²) in [5.41, 5.74) is 1.39. The number of ether oxygens (including phenoxy) is 2. The Morgan fingerprint density at radius 1 is 0.829 bits per heavy atom. The Morgan fingerprint density at radius 3 is 2.27 bits per heavy atom. The molecule has 9 nitrogen and oxygen atoms in total. The zero-order valence-corrected chi connectivity index (χ0v) is 25.8. The molecular weight excluding hydrogens is 635 g/mol. The fraction of sp³-hybridized carbons (Fsp3) is 0.516. The molecule has 0 radical (unpaired) electrons. The predicted molar refractivity (Wildman–Crippen MR) is 164 cm³/mol. The fourth-order valence-electron chi connectivity index (χ4n) is 5.59. The molecule has 1 atom stereocenters. The molecule has 220 valence electrons. The van der Waals surface area contributed by atoms with Gasteiger partial charge in [-0.3, -0.25) is 14.5 Å². The van der Waals surface area contributed by atoms with Gasteiger partial charge in [-0.05, 0) is 59.3 Å². The van der Waals surface area contributed by atoms with Crippen molar-refractivity contribution >= 4 is 40.5 Å². The summed E-state index contributed by atoms with van der Waals surface area (Å²) in [5.74, 6) is 0.847. The highest BCUT2D eigenvalue weighted by atomic mass is 127. The number of amides is 3. The molecular formula is C31H39IN4O5. The molecule has 3 aliphatic heterocycles. The van der Waals surface area contributed by atoms with Crippen LogP contribution in [0.2, 0.25) is 0 Å². The summed E-state index contributed by atoms with van der Waals surface area (Å²) >= 11 is 2.21. The quantitative estimate of drug-likeness (QED) is 0.291. The Bertz CT molecular complexity index is 1210. The number of nitrogens with zero attached hydrogens (tertiary/aromatic N) is 4. The summed E-state index contributed by atoms with van der Waals surface area (Å²) in [6.45, 7) is 8.18. The summed E-state index contributed by atoms with van der Waals surface area (Å²) in [6, 6.07) is 15.3. The molecule has 0 aromatic heterocycles. The molecule has 2 aromatic carbocycles. The van der Waals surface area contributed by atoms with Gasteiger partial charge in [-0.2, -0.15) is 0 Å². The van der Waals surface area contributed by atoms with Crippen molar-refractivity contribution in [1.82, 2.24) is 19.6 Å². The lowest BCUT2D eigenvalue weighted by molar-refractivity contribution is 0.00852. The zero-order chi connectivity index (χ0) is 28.8. The van der Waals surface area contributed by atoms with Crippen molar-refractivity contribution in [2.45, 2.75) is 44.8 Å². The first-order chi connectivity index (χ1) is 19.9. The van der Waals surface area contributed by atoms with E-state index in [0.29, 0.717) is 57.5 Å². The second kappa shape index (κ2) is 13.9. The molecule has 0 spiro atoms. The number of rotatable bonds is 9. The van der Waals surface area contributed by atoms with E-state index in [1.807, 2.05) is 58.3 Å². The van der Waals surface area contributed by atoms with Crippen LogP contribution >= 0.6 is 22.6 Å². The molecule has 2 aromatic rings. The average Bonchev–Trinajstić information content (AvgIpc) is 3.44. The van der Waals surface area contributed by atoms with Gasteiger partial charge >= 0.3 is 6.09 Å². The lowest BCUT2D eigenvalue weighted by Crippen LogP contribution is -2.64. The normalized spacial score (nSPS) is 19.7. The minimum absolute atomic E-state index is 0.0291.